The van der Waals surface area contributed by atoms with Crippen LogP contribution in [0.1, 0.15) is 6.92 Å². The zero-order chi connectivity index (χ0) is 10.5. The Bertz CT molecular complexity index is 323. The van der Waals surface area contributed by atoms with E-state index in [1.807, 2.05) is 35.3 Å². The molecule has 1 heterocycles. The van der Waals surface area contributed by atoms with E-state index in [1.165, 1.54) is 0 Å². The minimum Gasteiger partial charge on any atom is -0.313 e. The molecule has 0 saturated carbocycles. The van der Waals surface area contributed by atoms with Crippen molar-refractivity contribution in [3.8, 4) is 0 Å². The smallest absolute Gasteiger partial charge is 0.0874 e. The van der Waals surface area contributed by atoms with Gasteiger partial charge in [0.15, 0.2) is 0 Å². The average Bonchev–Trinajstić information content (AvgIpc) is 2.29. The second-order valence-corrected chi connectivity index (χ2v) is 3.74. The van der Waals surface area contributed by atoms with Crippen LogP contribution in [-0.4, -0.2) is 30.7 Å². The van der Waals surface area contributed by atoms with Gasteiger partial charge in [-0.3, -0.25) is 5.01 Å². The van der Waals surface area contributed by atoms with Gasteiger partial charge in [-0.15, -0.1) is 5.11 Å². The fourth-order valence-corrected chi connectivity index (χ4v) is 1.57. The Kier molecular flexibility index (Phi) is 3.29. The van der Waals surface area contributed by atoms with Crippen molar-refractivity contribution in [2.45, 2.75) is 13.0 Å². The first-order valence-electron chi connectivity index (χ1n) is 5.30. The number of nitrogens with one attached hydrogen (secondary N) is 1. The van der Waals surface area contributed by atoms with Gasteiger partial charge in [-0.2, -0.15) is 0 Å². The van der Waals surface area contributed by atoms with Crippen molar-refractivity contribution >= 4 is 5.69 Å². The first-order valence-corrected chi connectivity index (χ1v) is 5.30. The van der Waals surface area contributed by atoms with Gasteiger partial charge in [0.2, 0.25) is 0 Å². The van der Waals surface area contributed by atoms with Crippen molar-refractivity contribution in [3.63, 3.8) is 0 Å². The van der Waals surface area contributed by atoms with Crippen LogP contribution >= 0.6 is 0 Å². The molecule has 1 N–H and O–H groups in total. The molecule has 1 aromatic carbocycles. The molecule has 1 aromatic rings. The molecule has 15 heavy (non-hydrogen) atoms. The van der Waals surface area contributed by atoms with Gasteiger partial charge in [0.25, 0.3) is 0 Å². The van der Waals surface area contributed by atoms with Gasteiger partial charge in [0.1, 0.15) is 0 Å². The van der Waals surface area contributed by atoms with Gasteiger partial charge in [-0.25, -0.2) is 0 Å². The van der Waals surface area contributed by atoms with E-state index in [0.29, 0.717) is 6.04 Å². The van der Waals surface area contributed by atoms with Crippen LogP contribution in [0.25, 0.3) is 0 Å². The largest absolute Gasteiger partial charge is 0.313 e. The fraction of sp³-hybridized carbons (Fsp3) is 0.455. The predicted octanol–water partition coefficient (Wildman–Crippen LogP) is 1.98. The lowest BCUT2D eigenvalue weighted by Gasteiger charge is -2.30. The minimum atomic E-state index is 0.422. The number of benzene rings is 1. The second kappa shape index (κ2) is 4.89. The standard InChI is InChI=1S/C11H16N4/c1-10-9-12-7-8-15(10)14-13-11-5-3-2-4-6-11/h2-6,10,12H,7-9H2,1H3. The van der Waals surface area contributed by atoms with E-state index in [2.05, 4.69) is 22.6 Å². The van der Waals surface area contributed by atoms with E-state index in [1.54, 1.807) is 0 Å². The van der Waals surface area contributed by atoms with Gasteiger partial charge in [-0.1, -0.05) is 23.4 Å². The maximum Gasteiger partial charge on any atom is 0.0874 e. The number of hydrogen-bond acceptors (Lipinski definition) is 3. The van der Waals surface area contributed by atoms with E-state index < -0.39 is 0 Å². The monoisotopic (exact) mass is 204 g/mol. The molecule has 1 aliphatic rings. The Morgan fingerprint density at radius 3 is 2.87 bits per heavy atom. The summed E-state index contributed by atoms with van der Waals surface area (Å²) in [5, 5.41) is 13.8. The lowest BCUT2D eigenvalue weighted by Crippen LogP contribution is -2.46. The molecule has 1 fully saturated rings. The van der Waals surface area contributed by atoms with Gasteiger partial charge in [-0.05, 0) is 19.1 Å². The molecule has 2 rings (SSSR count). The molecule has 1 unspecified atom stereocenters. The molecular formula is C11H16N4. The molecular weight excluding hydrogens is 188 g/mol. The fourth-order valence-electron chi connectivity index (χ4n) is 1.57. The van der Waals surface area contributed by atoms with Crippen LogP contribution in [0, 0.1) is 0 Å². The van der Waals surface area contributed by atoms with Gasteiger partial charge < -0.3 is 5.32 Å². The summed E-state index contributed by atoms with van der Waals surface area (Å²) in [6.45, 7) is 5.04. The molecule has 1 aliphatic heterocycles. The third-order valence-corrected chi connectivity index (χ3v) is 2.50. The van der Waals surface area contributed by atoms with Crippen LogP contribution in [0.5, 0.6) is 0 Å². The molecule has 0 bridgehead atoms. The van der Waals surface area contributed by atoms with Crippen LogP contribution in [0.15, 0.2) is 40.7 Å². The minimum absolute atomic E-state index is 0.422. The molecule has 4 nitrogen and oxygen atoms in total. The Morgan fingerprint density at radius 2 is 2.13 bits per heavy atom. The highest BCUT2D eigenvalue weighted by molar-refractivity contribution is 5.34. The zero-order valence-corrected chi connectivity index (χ0v) is 8.93. The van der Waals surface area contributed by atoms with Crippen molar-refractivity contribution in [1.29, 1.82) is 0 Å². The van der Waals surface area contributed by atoms with Crippen molar-refractivity contribution < 1.29 is 0 Å². The Hall–Kier alpha value is -1.42. The van der Waals surface area contributed by atoms with Crippen molar-refractivity contribution in [2.75, 3.05) is 19.6 Å². The SMILES string of the molecule is CC1CNCCN1N=Nc1ccccc1. The van der Waals surface area contributed by atoms with E-state index in [-0.39, 0.29) is 0 Å². The summed E-state index contributed by atoms with van der Waals surface area (Å²) in [5.41, 5.74) is 0.906. The summed E-state index contributed by atoms with van der Waals surface area (Å²) < 4.78 is 0. The first kappa shape index (κ1) is 10.1. The van der Waals surface area contributed by atoms with Gasteiger partial charge >= 0.3 is 0 Å². The summed E-state index contributed by atoms with van der Waals surface area (Å²) in [6, 6.07) is 10.2. The normalized spacial score (nSPS) is 22.2. The van der Waals surface area contributed by atoms with Crippen molar-refractivity contribution in [1.82, 2.24) is 10.3 Å². The third kappa shape index (κ3) is 2.76. The predicted molar refractivity (Wildman–Crippen MR) is 60.0 cm³/mol. The van der Waals surface area contributed by atoms with Crippen LogP contribution in [-0.2, 0) is 0 Å². The molecule has 1 saturated heterocycles. The van der Waals surface area contributed by atoms with Crippen molar-refractivity contribution in [2.24, 2.45) is 10.3 Å². The first-order chi connectivity index (χ1) is 7.36. The van der Waals surface area contributed by atoms with Crippen LogP contribution in [0.2, 0.25) is 0 Å². The zero-order valence-electron chi connectivity index (χ0n) is 8.93. The molecule has 0 aliphatic carbocycles. The molecule has 1 atom stereocenters. The molecule has 0 spiro atoms. The van der Waals surface area contributed by atoms with Crippen molar-refractivity contribution in [3.05, 3.63) is 30.3 Å². The summed E-state index contributed by atoms with van der Waals surface area (Å²) in [5.74, 6) is 0. The third-order valence-electron chi connectivity index (χ3n) is 2.50. The highest BCUT2D eigenvalue weighted by atomic mass is 15.6. The lowest BCUT2D eigenvalue weighted by molar-refractivity contribution is 0.169. The average molecular weight is 204 g/mol. The van der Waals surface area contributed by atoms with E-state index in [9.17, 15) is 0 Å². The summed E-state index contributed by atoms with van der Waals surface area (Å²) in [4.78, 5) is 0. The highest BCUT2D eigenvalue weighted by Crippen LogP contribution is 2.12. The maximum absolute atomic E-state index is 4.25. The van der Waals surface area contributed by atoms with Gasteiger partial charge in [0.05, 0.1) is 18.3 Å². The molecule has 0 amide bonds. The van der Waals surface area contributed by atoms with Gasteiger partial charge in [0, 0.05) is 13.1 Å². The Labute approximate surface area is 90.0 Å². The molecule has 0 radical (unpaired) electrons. The lowest BCUT2D eigenvalue weighted by atomic mass is 10.3. The van der Waals surface area contributed by atoms with E-state index in [4.69, 9.17) is 0 Å². The summed E-state index contributed by atoms with van der Waals surface area (Å²) in [7, 11) is 0. The maximum atomic E-state index is 4.25. The van der Waals surface area contributed by atoms with E-state index in [0.717, 1.165) is 25.3 Å². The quantitative estimate of drug-likeness (QED) is 0.748. The van der Waals surface area contributed by atoms with Crippen LogP contribution in [0.3, 0.4) is 0 Å². The Morgan fingerprint density at radius 1 is 1.33 bits per heavy atom. The number of nitrogens with zero attached hydrogens (tertiary/aromatic N) is 3. The topological polar surface area (TPSA) is 40.0 Å². The summed E-state index contributed by atoms with van der Waals surface area (Å²) >= 11 is 0. The number of hydrogen-bond donors (Lipinski definition) is 1. The van der Waals surface area contributed by atoms with Crippen LogP contribution in [0.4, 0.5) is 5.69 Å². The molecule has 0 aromatic heterocycles. The molecule has 80 valence electrons. The van der Waals surface area contributed by atoms with Crippen LogP contribution < -0.4 is 5.32 Å². The number of rotatable bonds is 2. The summed E-state index contributed by atoms with van der Waals surface area (Å²) in [6.07, 6.45) is 0. The Balaban J connectivity index is 1.98. The highest BCUT2D eigenvalue weighted by Gasteiger charge is 2.15. The second-order valence-electron chi connectivity index (χ2n) is 3.74. The number of piperazine rings is 1. The molecule has 4 heteroatoms. The van der Waals surface area contributed by atoms with E-state index >= 15 is 0 Å².